The minimum Gasteiger partial charge on any atom is -0.329 e. The van der Waals surface area contributed by atoms with E-state index in [1.54, 1.807) is 24.0 Å². The Morgan fingerprint density at radius 1 is 1.14 bits per heavy atom. The van der Waals surface area contributed by atoms with Crippen molar-refractivity contribution >= 4 is 5.91 Å². The molecule has 4 rings (SSSR count). The maximum absolute atomic E-state index is 13.5. The topological polar surface area (TPSA) is 51.0 Å². The largest absolute Gasteiger partial charge is 0.329 e. The molecular formula is C22H23FN4O. The molecule has 3 aromatic rings. The summed E-state index contributed by atoms with van der Waals surface area (Å²) in [6, 6.07) is 14.9. The molecule has 1 amide bonds. The first-order valence-electron chi connectivity index (χ1n) is 9.55. The average molecular weight is 378 g/mol. The maximum atomic E-state index is 13.5. The smallest absolute Gasteiger partial charge is 0.254 e. The third-order valence-electron chi connectivity index (χ3n) is 5.27. The summed E-state index contributed by atoms with van der Waals surface area (Å²) in [5, 5.41) is 8.72. The van der Waals surface area contributed by atoms with Crippen LogP contribution in [-0.2, 0) is 19.4 Å². The van der Waals surface area contributed by atoms with E-state index in [2.05, 4.69) is 33.8 Å². The van der Waals surface area contributed by atoms with Gasteiger partial charge in [-0.1, -0.05) is 30.3 Å². The van der Waals surface area contributed by atoms with Crippen LogP contribution in [-0.4, -0.2) is 32.1 Å². The molecule has 2 aromatic carbocycles. The van der Waals surface area contributed by atoms with Crippen molar-refractivity contribution in [1.82, 2.24) is 19.7 Å². The predicted octanol–water partition coefficient (Wildman–Crippen LogP) is 3.73. The van der Waals surface area contributed by atoms with Gasteiger partial charge in [-0.2, -0.15) is 0 Å². The molecular weight excluding hydrogens is 355 g/mol. The highest BCUT2D eigenvalue weighted by molar-refractivity contribution is 5.94. The number of halogens is 1. The lowest BCUT2D eigenvalue weighted by molar-refractivity contribution is 0.0679. The monoisotopic (exact) mass is 378 g/mol. The summed E-state index contributed by atoms with van der Waals surface area (Å²) >= 11 is 0. The van der Waals surface area contributed by atoms with Crippen LogP contribution in [0.3, 0.4) is 0 Å². The van der Waals surface area contributed by atoms with Gasteiger partial charge in [-0.25, -0.2) is 4.39 Å². The fourth-order valence-electron chi connectivity index (χ4n) is 3.80. The van der Waals surface area contributed by atoms with Gasteiger partial charge in [0, 0.05) is 18.5 Å². The van der Waals surface area contributed by atoms with Gasteiger partial charge in [0.1, 0.15) is 11.6 Å². The summed E-state index contributed by atoms with van der Waals surface area (Å²) in [7, 11) is 0. The van der Waals surface area contributed by atoms with Gasteiger partial charge >= 0.3 is 0 Å². The van der Waals surface area contributed by atoms with Crippen molar-refractivity contribution in [2.24, 2.45) is 0 Å². The van der Waals surface area contributed by atoms with Gasteiger partial charge in [-0.3, -0.25) is 4.79 Å². The Hall–Kier alpha value is -3.02. The number of nitrogens with zero attached hydrogens (tertiary/aromatic N) is 4. The number of rotatable bonds is 4. The molecule has 0 unspecified atom stereocenters. The summed E-state index contributed by atoms with van der Waals surface area (Å²) < 4.78 is 15.7. The normalized spacial score (nSPS) is 16.1. The zero-order valence-electron chi connectivity index (χ0n) is 16.1. The summed E-state index contributed by atoms with van der Waals surface area (Å²) in [5.41, 5.74) is 2.25. The van der Waals surface area contributed by atoms with Gasteiger partial charge < -0.3 is 9.47 Å². The molecule has 0 saturated heterocycles. The Bertz CT molecular complexity index is 999. The number of benzene rings is 2. The van der Waals surface area contributed by atoms with Crippen molar-refractivity contribution in [3.8, 4) is 0 Å². The standard InChI is InChI=1S/C22H23FN4O/c1-15-12-18(9-10-19(15)23)22(28)26-13-16(2)27-20(24-25-21(27)14-26)11-8-17-6-4-3-5-7-17/h3-7,9-10,12,16H,8,11,13-14H2,1-2H3/t16-/m0/s1. The highest BCUT2D eigenvalue weighted by atomic mass is 19.1. The molecule has 0 aliphatic carbocycles. The van der Waals surface area contributed by atoms with Gasteiger partial charge in [0.05, 0.1) is 12.6 Å². The van der Waals surface area contributed by atoms with Gasteiger partial charge in [0.2, 0.25) is 0 Å². The van der Waals surface area contributed by atoms with Gasteiger partial charge in [0.15, 0.2) is 5.82 Å². The SMILES string of the molecule is Cc1cc(C(=O)N2Cc3nnc(CCc4ccccc4)n3[C@@H](C)C2)ccc1F. The van der Waals surface area contributed by atoms with Crippen molar-refractivity contribution in [3.05, 3.63) is 82.7 Å². The molecule has 0 N–H and O–H groups in total. The Balaban J connectivity index is 1.50. The minimum absolute atomic E-state index is 0.0926. The molecule has 1 aliphatic heterocycles. The van der Waals surface area contributed by atoms with Crippen LogP contribution in [0.4, 0.5) is 4.39 Å². The Morgan fingerprint density at radius 3 is 2.68 bits per heavy atom. The molecule has 0 radical (unpaired) electrons. The Morgan fingerprint density at radius 2 is 1.93 bits per heavy atom. The van der Waals surface area contributed by atoms with Crippen LogP contribution in [0.25, 0.3) is 0 Å². The molecule has 2 heterocycles. The molecule has 5 nitrogen and oxygen atoms in total. The van der Waals surface area contributed by atoms with E-state index in [1.807, 2.05) is 18.2 Å². The van der Waals surface area contributed by atoms with Crippen molar-refractivity contribution in [3.63, 3.8) is 0 Å². The van der Waals surface area contributed by atoms with E-state index < -0.39 is 0 Å². The van der Waals surface area contributed by atoms with Crippen molar-refractivity contribution in [1.29, 1.82) is 0 Å². The number of amides is 1. The van der Waals surface area contributed by atoms with Crippen LogP contribution >= 0.6 is 0 Å². The van der Waals surface area contributed by atoms with Crippen LogP contribution in [0.5, 0.6) is 0 Å². The van der Waals surface area contributed by atoms with E-state index in [1.165, 1.54) is 11.6 Å². The first-order chi connectivity index (χ1) is 13.5. The second-order valence-electron chi connectivity index (χ2n) is 7.39. The van der Waals surface area contributed by atoms with Crippen LogP contribution in [0.15, 0.2) is 48.5 Å². The summed E-state index contributed by atoms with van der Waals surface area (Å²) in [6.07, 6.45) is 1.72. The number of aromatic nitrogens is 3. The first-order valence-corrected chi connectivity index (χ1v) is 9.55. The zero-order valence-corrected chi connectivity index (χ0v) is 16.1. The van der Waals surface area contributed by atoms with Crippen LogP contribution < -0.4 is 0 Å². The van der Waals surface area contributed by atoms with Crippen LogP contribution in [0, 0.1) is 12.7 Å². The minimum atomic E-state index is -0.300. The maximum Gasteiger partial charge on any atom is 0.254 e. The summed E-state index contributed by atoms with van der Waals surface area (Å²) in [5.74, 6) is 1.35. The molecule has 0 saturated carbocycles. The lowest BCUT2D eigenvalue weighted by Gasteiger charge is -2.32. The first kappa shape index (κ1) is 18.3. The molecule has 144 valence electrons. The Labute approximate surface area is 163 Å². The molecule has 1 aliphatic rings. The summed E-state index contributed by atoms with van der Waals surface area (Å²) in [4.78, 5) is 14.6. The molecule has 1 atom stereocenters. The second-order valence-corrected chi connectivity index (χ2v) is 7.39. The molecule has 0 spiro atoms. The van der Waals surface area contributed by atoms with Crippen molar-refractivity contribution in [2.75, 3.05) is 6.54 Å². The van der Waals surface area contributed by atoms with E-state index in [-0.39, 0.29) is 17.8 Å². The van der Waals surface area contributed by atoms with E-state index in [0.29, 0.717) is 24.2 Å². The van der Waals surface area contributed by atoms with E-state index in [9.17, 15) is 9.18 Å². The third kappa shape index (κ3) is 3.54. The fourth-order valence-corrected chi connectivity index (χ4v) is 3.80. The predicted molar refractivity (Wildman–Crippen MR) is 104 cm³/mol. The number of fused-ring (bicyclic) bond motifs is 1. The molecule has 28 heavy (non-hydrogen) atoms. The highest BCUT2D eigenvalue weighted by Gasteiger charge is 2.29. The van der Waals surface area contributed by atoms with E-state index >= 15 is 0 Å². The molecule has 1 aromatic heterocycles. The molecule has 0 bridgehead atoms. The zero-order chi connectivity index (χ0) is 19.7. The van der Waals surface area contributed by atoms with Crippen LogP contribution in [0.2, 0.25) is 0 Å². The number of aryl methyl sites for hydroxylation is 3. The quantitative estimate of drug-likeness (QED) is 0.695. The van der Waals surface area contributed by atoms with Gasteiger partial charge in [-0.15, -0.1) is 10.2 Å². The lowest BCUT2D eigenvalue weighted by Crippen LogP contribution is -2.40. The van der Waals surface area contributed by atoms with E-state index in [4.69, 9.17) is 0 Å². The number of hydrogen-bond acceptors (Lipinski definition) is 3. The highest BCUT2D eigenvalue weighted by Crippen LogP contribution is 2.24. The fraction of sp³-hybridized carbons (Fsp3) is 0.318. The number of carbonyl (C=O) groups excluding carboxylic acids is 1. The van der Waals surface area contributed by atoms with Crippen molar-refractivity contribution < 1.29 is 9.18 Å². The van der Waals surface area contributed by atoms with Gasteiger partial charge in [-0.05, 0) is 49.6 Å². The summed E-state index contributed by atoms with van der Waals surface area (Å²) in [6.45, 7) is 4.74. The van der Waals surface area contributed by atoms with Crippen molar-refractivity contribution in [2.45, 2.75) is 39.3 Å². The molecule has 6 heteroatoms. The average Bonchev–Trinajstić information content (AvgIpc) is 3.12. The third-order valence-corrected chi connectivity index (χ3v) is 5.27. The van der Waals surface area contributed by atoms with Crippen LogP contribution in [0.1, 0.15) is 46.1 Å². The number of carbonyl (C=O) groups is 1. The Kier molecular flexibility index (Phi) is 4.94. The molecule has 0 fully saturated rings. The van der Waals surface area contributed by atoms with E-state index in [0.717, 1.165) is 24.5 Å². The van der Waals surface area contributed by atoms with Gasteiger partial charge in [0.25, 0.3) is 5.91 Å². The second kappa shape index (κ2) is 7.54. The lowest BCUT2D eigenvalue weighted by atomic mass is 10.1. The number of hydrogen-bond donors (Lipinski definition) is 0.